The van der Waals surface area contributed by atoms with Crippen LogP contribution in [0.3, 0.4) is 0 Å². The molecule has 2 rings (SSSR count). The van der Waals surface area contributed by atoms with Crippen LogP contribution in [0.25, 0.3) is 0 Å². The largest absolute Gasteiger partial charge is 0.294 e. The zero-order valence-electron chi connectivity index (χ0n) is 10.4. The molecule has 0 saturated carbocycles. The van der Waals surface area contributed by atoms with E-state index in [1.807, 2.05) is 32.0 Å². The highest BCUT2D eigenvalue weighted by Gasteiger charge is 2.14. The van der Waals surface area contributed by atoms with Crippen LogP contribution < -0.4 is 0 Å². The molecule has 92 valence electrons. The number of carbonyl (C=O) groups excluding carboxylic acids is 2. The third-order valence-corrected chi connectivity index (χ3v) is 3.75. The SMILES string of the molecule is Cc1ccc(C(=O)CC(=O)c2ccc(C)s2)cc1. The van der Waals surface area contributed by atoms with Crippen LogP contribution in [0.5, 0.6) is 0 Å². The van der Waals surface area contributed by atoms with Gasteiger partial charge in [0.25, 0.3) is 0 Å². The molecule has 0 aliphatic rings. The lowest BCUT2D eigenvalue weighted by Crippen LogP contribution is -2.07. The first-order chi connectivity index (χ1) is 8.56. The molecular formula is C15H14O2S. The molecule has 0 unspecified atom stereocenters. The Bertz CT molecular complexity index is 579. The van der Waals surface area contributed by atoms with Crippen LogP contribution in [0.2, 0.25) is 0 Å². The summed E-state index contributed by atoms with van der Waals surface area (Å²) in [5.74, 6) is -0.218. The van der Waals surface area contributed by atoms with Crippen molar-refractivity contribution in [1.82, 2.24) is 0 Å². The lowest BCUT2D eigenvalue weighted by Gasteiger charge is -2.00. The van der Waals surface area contributed by atoms with Crippen LogP contribution in [0.15, 0.2) is 36.4 Å². The fraction of sp³-hybridized carbons (Fsp3) is 0.200. The van der Waals surface area contributed by atoms with Gasteiger partial charge in [-0.05, 0) is 26.0 Å². The van der Waals surface area contributed by atoms with E-state index >= 15 is 0 Å². The predicted molar refractivity (Wildman–Crippen MR) is 73.5 cm³/mol. The van der Waals surface area contributed by atoms with Crippen LogP contribution in [-0.2, 0) is 0 Å². The smallest absolute Gasteiger partial charge is 0.180 e. The van der Waals surface area contributed by atoms with Gasteiger partial charge in [-0.3, -0.25) is 9.59 Å². The Kier molecular flexibility index (Phi) is 3.72. The van der Waals surface area contributed by atoms with Crippen LogP contribution in [0, 0.1) is 13.8 Å². The van der Waals surface area contributed by atoms with Gasteiger partial charge in [0, 0.05) is 10.4 Å². The van der Waals surface area contributed by atoms with E-state index in [1.165, 1.54) is 11.3 Å². The fourth-order valence-corrected chi connectivity index (χ4v) is 2.46. The van der Waals surface area contributed by atoms with Gasteiger partial charge in [0.15, 0.2) is 11.6 Å². The van der Waals surface area contributed by atoms with Crippen molar-refractivity contribution >= 4 is 22.9 Å². The Hall–Kier alpha value is -1.74. The average Bonchev–Trinajstić information content (AvgIpc) is 2.76. The van der Waals surface area contributed by atoms with E-state index < -0.39 is 0 Å². The molecule has 3 heteroatoms. The summed E-state index contributed by atoms with van der Waals surface area (Å²) in [5, 5.41) is 0. The highest BCUT2D eigenvalue weighted by Crippen LogP contribution is 2.18. The second-order valence-electron chi connectivity index (χ2n) is 4.30. The zero-order chi connectivity index (χ0) is 13.1. The average molecular weight is 258 g/mol. The summed E-state index contributed by atoms with van der Waals surface area (Å²) in [7, 11) is 0. The van der Waals surface area contributed by atoms with Crippen molar-refractivity contribution < 1.29 is 9.59 Å². The number of benzene rings is 1. The first-order valence-corrected chi connectivity index (χ1v) is 6.57. The van der Waals surface area contributed by atoms with Gasteiger partial charge >= 0.3 is 0 Å². The van der Waals surface area contributed by atoms with Crippen molar-refractivity contribution in [2.24, 2.45) is 0 Å². The van der Waals surface area contributed by atoms with Crippen LogP contribution in [-0.4, -0.2) is 11.6 Å². The number of aryl methyl sites for hydroxylation is 2. The Morgan fingerprint density at radius 2 is 1.61 bits per heavy atom. The summed E-state index contributed by atoms with van der Waals surface area (Å²) in [6.45, 7) is 3.91. The lowest BCUT2D eigenvalue weighted by atomic mass is 10.0. The molecule has 0 saturated heterocycles. The van der Waals surface area contributed by atoms with Crippen molar-refractivity contribution in [2.45, 2.75) is 20.3 Å². The topological polar surface area (TPSA) is 34.1 Å². The van der Waals surface area contributed by atoms with E-state index in [4.69, 9.17) is 0 Å². The van der Waals surface area contributed by atoms with Crippen molar-refractivity contribution in [3.8, 4) is 0 Å². The second-order valence-corrected chi connectivity index (χ2v) is 5.59. The third kappa shape index (κ3) is 2.93. The molecule has 0 bridgehead atoms. The lowest BCUT2D eigenvalue weighted by molar-refractivity contribution is 0.0896. The van der Waals surface area contributed by atoms with Crippen molar-refractivity contribution in [1.29, 1.82) is 0 Å². The number of Topliss-reactive ketones (excluding diaryl/α,β-unsaturated/α-hetero) is 2. The summed E-state index contributed by atoms with van der Waals surface area (Å²) in [6.07, 6.45) is -0.0526. The van der Waals surface area contributed by atoms with Gasteiger partial charge in [-0.25, -0.2) is 0 Å². The Labute approximate surface area is 110 Å². The molecular weight excluding hydrogens is 244 g/mol. The molecule has 0 N–H and O–H groups in total. The highest BCUT2D eigenvalue weighted by molar-refractivity contribution is 7.14. The maximum absolute atomic E-state index is 11.9. The first-order valence-electron chi connectivity index (χ1n) is 5.76. The molecule has 2 nitrogen and oxygen atoms in total. The minimum absolute atomic E-state index is 0.0526. The number of hydrogen-bond acceptors (Lipinski definition) is 3. The number of thiophene rings is 1. The van der Waals surface area contributed by atoms with E-state index in [-0.39, 0.29) is 18.0 Å². The van der Waals surface area contributed by atoms with Gasteiger partial charge in [0.05, 0.1) is 11.3 Å². The van der Waals surface area contributed by atoms with E-state index in [2.05, 4.69) is 0 Å². The molecule has 18 heavy (non-hydrogen) atoms. The second kappa shape index (κ2) is 5.27. The van der Waals surface area contributed by atoms with Crippen molar-refractivity contribution in [2.75, 3.05) is 0 Å². The molecule has 0 aliphatic carbocycles. The Balaban J connectivity index is 2.08. The number of ketones is 2. The molecule has 0 spiro atoms. The van der Waals surface area contributed by atoms with Gasteiger partial charge in [0.2, 0.25) is 0 Å². The number of carbonyl (C=O) groups is 2. The normalized spacial score (nSPS) is 10.3. The molecule has 0 fully saturated rings. The molecule has 0 aliphatic heterocycles. The van der Waals surface area contributed by atoms with Crippen molar-refractivity contribution in [3.05, 3.63) is 57.3 Å². The zero-order valence-corrected chi connectivity index (χ0v) is 11.2. The Morgan fingerprint density at radius 1 is 0.944 bits per heavy atom. The summed E-state index contributed by atoms with van der Waals surface area (Å²) in [4.78, 5) is 25.6. The van der Waals surface area contributed by atoms with E-state index in [9.17, 15) is 9.59 Å². The maximum atomic E-state index is 11.9. The van der Waals surface area contributed by atoms with Gasteiger partial charge in [-0.1, -0.05) is 29.8 Å². The summed E-state index contributed by atoms with van der Waals surface area (Å²) in [6, 6.07) is 11.0. The first kappa shape index (κ1) is 12.7. The van der Waals surface area contributed by atoms with Gasteiger partial charge in [-0.2, -0.15) is 0 Å². The number of hydrogen-bond donors (Lipinski definition) is 0. The predicted octanol–water partition coefficient (Wildman–Crippen LogP) is 3.82. The summed E-state index contributed by atoms with van der Waals surface area (Å²) < 4.78 is 0. The van der Waals surface area contributed by atoms with Crippen molar-refractivity contribution in [3.63, 3.8) is 0 Å². The highest BCUT2D eigenvalue weighted by atomic mass is 32.1. The third-order valence-electron chi connectivity index (χ3n) is 2.71. The summed E-state index contributed by atoms with van der Waals surface area (Å²) >= 11 is 1.43. The summed E-state index contributed by atoms with van der Waals surface area (Å²) in [5.41, 5.74) is 1.70. The minimum atomic E-state index is -0.119. The van der Waals surface area contributed by atoms with Gasteiger partial charge in [0.1, 0.15) is 0 Å². The molecule has 1 heterocycles. The van der Waals surface area contributed by atoms with Crippen LogP contribution in [0.1, 0.15) is 36.9 Å². The van der Waals surface area contributed by atoms with E-state index in [0.717, 1.165) is 10.4 Å². The van der Waals surface area contributed by atoms with Gasteiger partial charge < -0.3 is 0 Å². The monoisotopic (exact) mass is 258 g/mol. The molecule has 1 aromatic heterocycles. The quantitative estimate of drug-likeness (QED) is 0.617. The van der Waals surface area contributed by atoms with Crippen LogP contribution >= 0.6 is 11.3 Å². The number of rotatable bonds is 4. The molecule has 0 radical (unpaired) electrons. The molecule has 1 aromatic carbocycles. The van der Waals surface area contributed by atoms with E-state index in [0.29, 0.717) is 10.4 Å². The molecule has 2 aromatic rings. The Morgan fingerprint density at radius 3 is 2.17 bits per heavy atom. The maximum Gasteiger partial charge on any atom is 0.180 e. The molecule has 0 atom stereocenters. The van der Waals surface area contributed by atoms with Crippen LogP contribution in [0.4, 0.5) is 0 Å². The van der Waals surface area contributed by atoms with E-state index in [1.54, 1.807) is 18.2 Å². The molecule has 0 amide bonds. The van der Waals surface area contributed by atoms with Gasteiger partial charge in [-0.15, -0.1) is 11.3 Å². The fourth-order valence-electron chi connectivity index (χ4n) is 1.66. The standard InChI is InChI=1S/C15H14O2S/c1-10-3-6-12(7-4-10)13(16)9-14(17)15-8-5-11(2)18-15/h3-8H,9H2,1-2H3. The minimum Gasteiger partial charge on any atom is -0.294 e.